The molecule has 1 N–H and O–H groups in total. The van der Waals surface area contributed by atoms with Gasteiger partial charge in [-0.3, -0.25) is 4.79 Å². The molecule has 8 heteroatoms. The lowest BCUT2D eigenvalue weighted by molar-refractivity contribution is 0.0934. The summed E-state index contributed by atoms with van der Waals surface area (Å²) in [5.74, 6) is 0.222. The molecule has 0 saturated heterocycles. The van der Waals surface area contributed by atoms with Crippen LogP contribution in [0.2, 0.25) is 10.2 Å². The van der Waals surface area contributed by atoms with Gasteiger partial charge >= 0.3 is 0 Å². The molecule has 3 aromatic rings. The molecule has 150 valence electrons. The summed E-state index contributed by atoms with van der Waals surface area (Å²) in [5, 5.41) is 8.29. The van der Waals surface area contributed by atoms with Crippen molar-refractivity contribution in [1.82, 2.24) is 15.1 Å². The zero-order valence-corrected chi connectivity index (χ0v) is 17.9. The van der Waals surface area contributed by atoms with Crippen molar-refractivity contribution >= 4 is 40.9 Å². The number of nitrogens with one attached hydrogen (secondary N) is 1. The summed E-state index contributed by atoms with van der Waals surface area (Å²) in [6.07, 6.45) is 0.720. The summed E-state index contributed by atoms with van der Waals surface area (Å²) in [6, 6.07) is 11.8. The number of halogens is 3. The summed E-state index contributed by atoms with van der Waals surface area (Å²) in [6.45, 7) is 2.11. The summed E-state index contributed by atoms with van der Waals surface area (Å²) >= 11 is 14.4. The number of fused-ring (bicyclic) bond motifs is 1. The molecule has 1 aliphatic heterocycles. The van der Waals surface area contributed by atoms with Gasteiger partial charge in [-0.25, -0.2) is 9.07 Å². The number of amides is 1. The molecule has 4 rings (SSSR count). The van der Waals surface area contributed by atoms with E-state index in [1.54, 1.807) is 35.5 Å². The highest BCUT2D eigenvalue weighted by atomic mass is 35.5. The van der Waals surface area contributed by atoms with E-state index in [0.29, 0.717) is 22.8 Å². The lowest BCUT2D eigenvalue weighted by Crippen LogP contribution is -2.31. The zero-order valence-electron chi connectivity index (χ0n) is 15.6. The molecule has 0 aliphatic carbocycles. The second-order valence-electron chi connectivity index (χ2n) is 6.85. The number of nitrogens with zero attached hydrogens (tertiary/aromatic N) is 2. The predicted octanol–water partition coefficient (Wildman–Crippen LogP) is 5.65. The van der Waals surface area contributed by atoms with E-state index < -0.39 is 0 Å². The van der Waals surface area contributed by atoms with Crippen LogP contribution in [0, 0.1) is 12.7 Å². The minimum atomic E-state index is -0.315. The number of aryl methyl sites for hydroxylation is 1. The van der Waals surface area contributed by atoms with Crippen molar-refractivity contribution in [3.63, 3.8) is 0 Å². The minimum absolute atomic E-state index is 0.254. The number of hydrogen-bond donors (Lipinski definition) is 1. The van der Waals surface area contributed by atoms with E-state index in [-0.39, 0.29) is 22.9 Å². The van der Waals surface area contributed by atoms with Crippen LogP contribution in [-0.4, -0.2) is 21.4 Å². The third-order valence-electron chi connectivity index (χ3n) is 4.89. The van der Waals surface area contributed by atoms with Crippen LogP contribution in [0.25, 0.3) is 0 Å². The summed E-state index contributed by atoms with van der Waals surface area (Å²) < 4.78 is 15.3. The van der Waals surface area contributed by atoms with Crippen molar-refractivity contribution in [3.05, 3.63) is 80.8 Å². The molecule has 4 nitrogen and oxygen atoms in total. The largest absolute Gasteiger partial charge is 0.345 e. The van der Waals surface area contributed by atoms with Crippen molar-refractivity contribution in [2.24, 2.45) is 0 Å². The monoisotopic (exact) mass is 449 g/mol. The number of carbonyl (C=O) groups is 1. The van der Waals surface area contributed by atoms with Gasteiger partial charge in [0.05, 0.1) is 23.8 Å². The van der Waals surface area contributed by atoms with Crippen molar-refractivity contribution in [1.29, 1.82) is 0 Å². The van der Waals surface area contributed by atoms with Crippen LogP contribution >= 0.6 is 35.0 Å². The molecule has 0 spiro atoms. The van der Waals surface area contributed by atoms with E-state index in [4.69, 9.17) is 23.2 Å². The SMILES string of the molecule is Cc1nn(Cc2ccccc2Cl)c(Cl)c1C(=O)NC1CCSc2ccc(F)cc21. The molecule has 1 amide bonds. The number of rotatable bonds is 4. The van der Waals surface area contributed by atoms with Gasteiger partial charge in [-0.1, -0.05) is 41.4 Å². The molecule has 1 aromatic heterocycles. The van der Waals surface area contributed by atoms with Gasteiger partial charge in [0, 0.05) is 15.7 Å². The molecule has 2 heterocycles. The highest BCUT2D eigenvalue weighted by Gasteiger charge is 2.27. The van der Waals surface area contributed by atoms with Gasteiger partial charge in [-0.05, 0) is 48.7 Å². The van der Waals surface area contributed by atoms with E-state index in [9.17, 15) is 9.18 Å². The van der Waals surface area contributed by atoms with Gasteiger partial charge in [0.1, 0.15) is 11.0 Å². The second kappa shape index (κ2) is 8.38. The average Bonchev–Trinajstić information content (AvgIpc) is 2.97. The Hall–Kier alpha value is -2.02. The average molecular weight is 450 g/mol. The molecule has 1 aliphatic rings. The zero-order chi connectivity index (χ0) is 20.5. The van der Waals surface area contributed by atoms with Crippen LogP contribution in [-0.2, 0) is 6.54 Å². The van der Waals surface area contributed by atoms with E-state index in [1.807, 2.05) is 18.2 Å². The Morgan fingerprint density at radius 2 is 2.10 bits per heavy atom. The lowest BCUT2D eigenvalue weighted by Gasteiger charge is -2.26. The van der Waals surface area contributed by atoms with Crippen LogP contribution in [0.15, 0.2) is 47.4 Å². The molecule has 29 heavy (non-hydrogen) atoms. The van der Waals surface area contributed by atoms with Gasteiger partial charge in [-0.15, -0.1) is 11.8 Å². The normalized spacial score (nSPS) is 15.8. The van der Waals surface area contributed by atoms with Crippen LogP contribution in [0.3, 0.4) is 0 Å². The van der Waals surface area contributed by atoms with Gasteiger partial charge < -0.3 is 5.32 Å². The van der Waals surface area contributed by atoms with Crippen molar-refractivity contribution in [2.45, 2.75) is 30.8 Å². The smallest absolute Gasteiger partial charge is 0.256 e. The van der Waals surface area contributed by atoms with Gasteiger partial charge in [0.25, 0.3) is 5.91 Å². The lowest BCUT2D eigenvalue weighted by atomic mass is 10.0. The van der Waals surface area contributed by atoms with Crippen molar-refractivity contribution in [2.75, 3.05) is 5.75 Å². The number of aromatic nitrogens is 2. The number of benzene rings is 2. The fourth-order valence-electron chi connectivity index (χ4n) is 3.45. The molecule has 0 fully saturated rings. The molecular formula is C21H18Cl2FN3OS. The molecule has 2 aromatic carbocycles. The van der Waals surface area contributed by atoms with Gasteiger partial charge in [0.15, 0.2) is 0 Å². The Morgan fingerprint density at radius 1 is 1.31 bits per heavy atom. The first-order valence-electron chi connectivity index (χ1n) is 9.13. The van der Waals surface area contributed by atoms with Crippen molar-refractivity contribution in [3.8, 4) is 0 Å². The third-order valence-corrected chi connectivity index (χ3v) is 6.76. The van der Waals surface area contributed by atoms with Crippen LogP contribution in [0.4, 0.5) is 4.39 Å². The van der Waals surface area contributed by atoms with E-state index in [1.165, 1.54) is 12.1 Å². The standard InChI is InChI=1S/C21H18Cl2FN3OS/c1-12-19(20(23)27(26-12)11-13-4-2-3-5-16(13)22)21(28)25-17-8-9-29-18-7-6-14(24)10-15(17)18/h2-7,10,17H,8-9,11H2,1H3,(H,25,28). The van der Waals surface area contributed by atoms with Gasteiger partial charge in [-0.2, -0.15) is 5.10 Å². The maximum Gasteiger partial charge on any atom is 0.256 e. The summed E-state index contributed by atoms with van der Waals surface area (Å²) in [5.41, 5.74) is 2.52. The molecule has 1 unspecified atom stereocenters. The van der Waals surface area contributed by atoms with Gasteiger partial charge in [0.2, 0.25) is 0 Å². The van der Waals surface area contributed by atoms with Crippen molar-refractivity contribution < 1.29 is 9.18 Å². The molecular weight excluding hydrogens is 432 g/mol. The first-order chi connectivity index (χ1) is 13.9. The maximum absolute atomic E-state index is 13.7. The first kappa shape index (κ1) is 20.3. The Balaban J connectivity index is 1.58. The maximum atomic E-state index is 13.7. The van der Waals surface area contributed by atoms with E-state index in [2.05, 4.69) is 10.4 Å². The van der Waals surface area contributed by atoms with Crippen LogP contribution in [0.1, 0.15) is 39.6 Å². The van der Waals surface area contributed by atoms with Crippen LogP contribution < -0.4 is 5.32 Å². The first-order valence-corrected chi connectivity index (χ1v) is 10.9. The Morgan fingerprint density at radius 3 is 2.90 bits per heavy atom. The van der Waals surface area contributed by atoms with E-state index >= 15 is 0 Å². The predicted molar refractivity (Wildman–Crippen MR) is 114 cm³/mol. The highest BCUT2D eigenvalue weighted by Crippen LogP contribution is 2.37. The second-order valence-corrected chi connectivity index (χ2v) is 8.75. The molecule has 1 atom stereocenters. The summed E-state index contributed by atoms with van der Waals surface area (Å²) in [4.78, 5) is 14.0. The number of carbonyl (C=O) groups excluding carboxylic acids is 1. The molecule has 0 saturated carbocycles. The molecule has 0 radical (unpaired) electrons. The van der Waals surface area contributed by atoms with E-state index in [0.717, 1.165) is 28.2 Å². The Bertz CT molecular complexity index is 1090. The number of hydrogen-bond acceptors (Lipinski definition) is 3. The highest BCUT2D eigenvalue weighted by molar-refractivity contribution is 7.99. The Kier molecular flexibility index (Phi) is 5.86. The fraction of sp³-hybridized carbons (Fsp3) is 0.238. The minimum Gasteiger partial charge on any atom is -0.345 e. The fourth-order valence-corrected chi connectivity index (χ4v) is 5.07. The number of thioether (sulfide) groups is 1. The molecule has 0 bridgehead atoms. The quantitative estimate of drug-likeness (QED) is 0.559. The topological polar surface area (TPSA) is 46.9 Å². The Labute approximate surface area is 182 Å². The van der Waals surface area contributed by atoms with Crippen LogP contribution in [0.5, 0.6) is 0 Å². The summed E-state index contributed by atoms with van der Waals surface area (Å²) in [7, 11) is 0. The third kappa shape index (κ3) is 4.15.